The quantitative estimate of drug-likeness (QED) is 0.769. The fraction of sp³-hybridized carbons (Fsp3) is 0.385. The van der Waals surface area contributed by atoms with Gasteiger partial charge in [-0.3, -0.25) is 0 Å². The molecule has 0 aromatic heterocycles. The lowest BCUT2D eigenvalue weighted by Crippen LogP contribution is -2.24. The van der Waals surface area contributed by atoms with Gasteiger partial charge in [0.05, 0.1) is 5.57 Å². The van der Waals surface area contributed by atoms with E-state index in [1.165, 1.54) is 6.07 Å². The van der Waals surface area contributed by atoms with Crippen LogP contribution in [-0.4, -0.2) is 19.3 Å². The molecular formula is C13H16F3N. The lowest BCUT2D eigenvalue weighted by atomic mass is 10.0. The zero-order chi connectivity index (χ0) is 13.1. The number of nitrogens with zero attached hydrogens (tertiary/aromatic N) is 1. The minimum absolute atomic E-state index is 0.156. The molecule has 0 spiro atoms. The minimum Gasteiger partial charge on any atom is -0.372 e. The summed E-state index contributed by atoms with van der Waals surface area (Å²) < 4.78 is 38.0. The van der Waals surface area contributed by atoms with Crippen LogP contribution in [0.15, 0.2) is 30.8 Å². The summed E-state index contributed by atoms with van der Waals surface area (Å²) in [6, 6.07) is 6.49. The zero-order valence-corrected chi connectivity index (χ0v) is 10.0. The third-order valence-corrected chi connectivity index (χ3v) is 2.68. The van der Waals surface area contributed by atoms with Crippen molar-refractivity contribution in [3.63, 3.8) is 0 Å². The Labute approximate surface area is 99.6 Å². The lowest BCUT2D eigenvalue weighted by Gasteiger charge is -2.25. The van der Waals surface area contributed by atoms with Crippen LogP contribution in [0.3, 0.4) is 0 Å². The van der Waals surface area contributed by atoms with Crippen LogP contribution in [-0.2, 0) is 0 Å². The number of anilines is 1. The Morgan fingerprint density at radius 3 is 2.18 bits per heavy atom. The van der Waals surface area contributed by atoms with E-state index in [1.807, 2.05) is 18.7 Å². The summed E-state index contributed by atoms with van der Waals surface area (Å²) in [6.45, 7) is 8.31. The van der Waals surface area contributed by atoms with E-state index in [9.17, 15) is 13.2 Å². The van der Waals surface area contributed by atoms with E-state index in [4.69, 9.17) is 0 Å². The summed E-state index contributed by atoms with van der Waals surface area (Å²) in [5, 5.41) is 0. The Balaban J connectivity index is 3.21. The molecule has 17 heavy (non-hydrogen) atoms. The molecule has 0 aliphatic carbocycles. The molecule has 0 radical (unpaired) electrons. The fourth-order valence-electron chi connectivity index (χ4n) is 1.72. The number of alkyl halides is 3. The van der Waals surface area contributed by atoms with Crippen molar-refractivity contribution in [2.75, 3.05) is 18.0 Å². The van der Waals surface area contributed by atoms with E-state index in [1.54, 1.807) is 18.2 Å². The molecule has 1 aromatic carbocycles. The first-order chi connectivity index (χ1) is 7.91. The van der Waals surface area contributed by atoms with Crippen LogP contribution < -0.4 is 4.90 Å². The first-order valence-corrected chi connectivity index (χ1v) is 5.52. The highest BCUT2D eigenvalue weighted by molar-refractivity contribution is 5.78. The molecule has 0 amide bonds. The molecule has 0 aliphatic heterocycles. The number of para-hydroxylation sites is 1. The molecular weight excluding hydrogens is 227 g/mol. The summed E-state index contributed by atoms with van der Waals surface area (Å²) in [5.74, 6) is 0. The molecule has 4 heteroatoms. The van der Waals surface area contributed by atoms with Gasteiger partial charge in [-0.1, -0.05) is 24.8 Å². The van der Waals surface area contributed by atoms with E-state index in [-0.39, 0.29) is 5.56 Å². The Bertz CT molecular complexity index is 392. The van der Waals surface area contributed by atoms with Gasteiger partial charge in [-0.25, -0.2) is 0 Å². The van der Waals surface area contributed by atoms with Gasteiger partial charge in [-0.2, -0.15) is 13.2 Å². The SMILES string of the molecule is C=C(c1ccccc1N(CC)CC)C(F)(F)F. The number of benzene rings is 1. The molecule has 0 aliphatic rings. The van der Waals surface area contributed by atoms with Crippen molar-refractivity contribution in [1.29, 1.82) is 0 Å². The van der Waals surface area contributed by atoms with Gasteiger partial charge in [-0.15, -0.1) is 0 Å². The topological polar surface area (TPSA) is 3.24 Å². The molecule has 0 N–H and O–H groups in total. The fourth-order valence-corrected chi connectivity index (χ4v) is 1.72. The van der Waals surface area contributed by atoms with Gasteiger partial charge in [0.1, 0.15) is 0 Å². The Kier molecular flexibility index (Phi) is 4.21. The highest BCUT2D eigenvalue weighted by Gasteiger charge is 2.34. The van der Waals surface area contributed by atoms with E-state index >= 15 is 0 Å². The van der Waals surface area contributed by atoms with E-state index in [0.717, 1.165) is 0 Å². The molecule has 0 unspecified atom stereocenters. The minimum atomic E-state index is -4.39. The Morgan fingerprint density at radius 2 is 1.71 bits per heavy atom. The monoisotopic (exact) mass is 243 g/mol. The molecule has 0 saturated heterocycles. The average Bonchev–Trinajstić information content (AvgIpc) is 2.29. The summed E-state index contributed by atoms with van der Waals surface area (Å²) in [4.78, 5) is 1.88. The van der Waals surface area contributed by atoms with Crippen molar-refractivity contribution in [3.8, 4) is 0 Å². The molecule has 0 fully saturated rings. The lowest BCUT2D eigenvalue weighted by molar-refractivity contribution is -0.0686. The van der Waals surface area contributed by atoms with Gasteiger partial charge in [0.15, 0.2) is 0 Å². The first-order valence-electron chi connectivity index (χ1n) is 5.52. The maximum atomic E-state index is 12.7. The maximum absolute atomic E-state index is 12.7. The molecule has 0 saturated carbocycles. The molecule has 0 atom stereocenters. The van der Waals surface area contributed by atoms with Crippen molar-refractivity contribution in [2.24, 2.45) is 0 Å². The van der Waals surface area contributed by atoms with Gasteiger partial charge in [-0.05, 0) is 19.9 Å². The van der Waals surface area contributed by atoms with Gasteiger partial charge in [0.25, 0.3) is 0 Å². The van der Waals surface area contributed by atoms with Crippen molar-refractivity contribution < 1.29 is 13.2 Å². The normalized spacial score (nSPS) is 11.4. The number of hydrogen-bond acceptors (Lipinski definition) is 1. The van der Waals surface area contributed by atoms with Gasteiger partial charge in [0.2, 0.25) is 0 Å². The van der Waals surface area contributed by atoms with Crippen LogP contribution in [0.5, 0.6) is 0 Å². The standard InChI is InChI=1S/C13H16F3N/c1-4-17(5-2)12-9-7-6-8-11(12)10(3)13(14,15)16/h6-9H,3-5H2,1-2H3. The molecule has 94 valence electrons. The van der Waals surface area contributed by atoms with E-state index < -0.39 is 11.7 Å². The van der Waals surface area contributed by atoms with Crippen molar-refractivity contribution in [2.45, 2.75) is 20.0 Å². The molecule has 1 aromatic rings. The maximum Gasteiger partial charge on any atom is 0.416 e. The van der Waals surface area contributed by atoms with E-state index in [2.05, 4.69) is 6.58 Å². The second kappa shape index (κ2) is 5.25. The summed E-state index contributed by atoms with van der Waals surface area (Å²) >= 11 is 0. The highest BCUT2D eigenvalue weighted by Crippen LogP contribution is 2.36. The van der Waals surface area contributed by atoms with Crippen molar-refractivity contribution in [1.82, 2.24) is 0 Å². The van der Waals surface area contributed by atoms with Crippen LogP contribution in [0.4, 0.5) is 18.9 Å². The summed E-state index contributed by atoms with van der Waals surface area (Å²) in [6.07, 6.45) is -4.39. The van der Waals surface area contributed by atoms with Gasteiger partial charge in [0, 0.05) is 24.3 Å². The third-order valence-electron chi connectivity index (χ3n) is 2.68. The van der Waals surface area contributed by atoms with Crippen LogP contribution >= 0.6 is 0 Å². The van der Waals surface area contributed by atoms with Crippen LogP contribution in [0, 0.1) is 0 Å². The molecule has 1 nitrogen and oxygen atoms in total. The Hall–Kier alpha value is -1.45. The molecule has 1 rings (SSSR count). The van der Waals surface area contributed by atoms with Crippen molar-refractivity contribution >= 4 is 11.3 Å². The molecule has 0 heterocycles. The van der Waals surface area contributed by atoms with E-state index in [0.29, 0.717) is 18.8 Å². The second-order valence-corrected chi connectivity index (χ2v) is 3.67. The van der Waals surface area contributed by atoms with Crippen LogP contribution in [0.25, 0.3) is 5.57 Å². The number of allylic oxidation sites excluding steroid dienone is 1. The number of halogens is 3. The van der Waals surface area contributed by atoms with Gasteiger partial charge < -0.3 is 4.90 Å². The van der Waals surface area contributed by atoms with Gasteiger partial charge >= 0.3 is 6.18 Å². The predicted molar refractivity (Wildman–Crippen MR) is 65.1 cm³/mol. The zero-order valence-electron chi connectivity index (χ0n) is 10.0. The largest absolute Gasteiger partial charge is 0.416 e. The number of rotatable bonds is 4. The van der Waals surface area contributed by atoms with Crippen LogP contribution in [0.2, 0.25) is 0 Å². The molecule has 0 bridgehead atoms. The first kappa shape index (κ1) is 13.6. The summed E-state index contributed by atoms with van der Waals surface area (Å²) in [5.41, 5.74) is -0.0523. The van der Waals surface area contributed by atoms with Crippen LogP contribution in [0.1, 0.15) is 19.4 Å². The second-order valence-electron chi connectivity index (χ2n) is 3.67. The number of hydrogen-bond donors (Lipinski definition) is 0. The smallest absolute Gasteiger partial charge is 0.372 e. The Morgan fingerprint density at radius 1 is 1.18 bits per heavy atom. The average molecular weight is 243 g/mol. The highest BCUT2D eigenvalue weighted by atomic mass is 19.4. The summed E-state index contributed by atoms with van der Waals surface area (Å²) in [7, 11) is 0. The predicted octanol–water partition coefficient (Wildman–Crippen LogP) is 4.11. The third kappa shape index (κ3) is 3.02. The van der Waals surface area contributed by atoms with Crippen molar-refractivity contribution in [3.05, 3.63) is 36.4 Å².